The van der Waals surface area contributed by atoms with Crippen LogP contribution in [0.3, 0.4) is 0 Å². The van der Waals surface area contributed by atoms with Gasteiger partial charge in [-0.1, -0.05) is 19.9 Å². The highest BCUT2D eigenvalue weighted by Gasteiger charge is 2.11. The number of nitrogens with one attached hydrogen (secondary N) is 2. The van der Waals surface area contributed by atoms with Crippen LogP contribution in [0.25, 0.3) is 0 Å². The van der Waals surface area contributed by atoms with Gasteiger partial charge in [0.2, 0.25) is 10.0 Å². The molecule has 6 nitrogen and oxygen atoms in total. The van der Waals surface area contributed by atoms with Crippen LogP contribution in [0.2, 0.25) is 0 Å². The van der Waals surface area contributed by atoms with Crippen molar-refractivity contribution >= 4 is 10.0 Å². The van der Waals surface area contributed by atoms with Gasteiger partial charge in [0.15, 0.2) is 11.5 Å². The highest BCUT2D eigenvalue weighted by molar-refractivity contribution is 7.89. The van der Waals surface area contributed by atoms with Gasteiger partial charge in [-0.25, -0.2) is 13.1 Å². The van der Waals surface area contributed by atoms with Crippen LogP contribution in [0.4, 0.5) is 0 Å². The lowest BCUT2D eigenvalue weighted by Gasteiger charge is -2.11. The van der Waals surface area contributed by atoms with Crippen LogP contribution >= 0.6 is 0 Å². The summed E-state index contributed by atoms with van der Waals surface area (Å²) in [5, 5.41) is 3.08. The first-order chi connectivity index (χ1) is 9.88. The van der Waals surface area contributed by atoms with Crippen LogP contribution in [0.1, 0.15) is 19.4 Å². The summed E-state index contributed by atoms with van der Waals surface area (Å²) < 4.78 is 36.6. The first-order valence-corrected chi connectivity index (χ1v) is 8.45. The average Bonchev–Trinajstić information content (AvgIpc) is 2.44. The van der Waals surface area contributed by atoms with Crippen molar-refractivity contribution in [3.63, 3.8) is 0 Å². The number of sulfonamides is 1. The molecule has 120 valence electrons. The molecule has 0 aliphatic rings. The fourth-order valence-corrected chi connectivity index (χ4v) is 2.66. The van der Waals surface area contributed by atoms with Crippen LogP contribution in [-0.4, -0.2) is 41.0 Å². The van der Waals surface area contributed by atoms with E-state index in [9.17, 15) is 8.42 Å². The van der Waals surface area contributed by atoms with E-state index in [0.29, 0.717) is 18.0 Å². The van der Waals surface area contributed by atoms with E-state index < -0.39 is 10.0 Å². The molecule has 0 amide bonds. The Balaban J connectivity index is 2.58. The maximum absolute atomic E-state index is 11.9. The zero-order valence-corrected chi connectivity index (χ0v) is 13.8. The third kappa shape index (κ3) is 6.33. The van der Waals surface area contributed by atoms with Gasteiger partial charge in [-0.3, -0.25) is 0 Å². The predicted molar refractivity (Wildman–Crippen MR) is 83.3 cm³/mol. The SMILES string of the molecule is COc1ccc(CNS(=O)(=O)CCNC(C)C)cc1OC. The van der Waals surface area contributed by atoms with Crippen LogP contribution in [-0.2, 0) is 16.6 Å². The van der Waals surface area contributed by atoms with E-state index in [4.69, 9.17) is 9.47 Å². The molecule has 0 aromatic heterocycles. The van der Waals surface area contributed by atoms with Gasteiger partial charge in [0.1, 0.15) is 0 Å². The van der Waals surface area contributed by atoms with Gasteiger partial charge in [-0.2, -0.15) is 0 Å². The predicted octanol–water partition coefficient (Wildman–Crippen LogP) is 1.12. The molecular formula is C14H24N2O4S. The molecule has 21 heavy (non-hydrogen) atoms. The summed E-state index contributed by atoms with van der Waals surface area (Å²) >= 11 is 0. The van der Waals surface area contributed by atoms with Gasteiger partial charge in [-0.15, -0.1) is 0 Å². The van der Waals surface area contributed by atoms with Gasteiger partial charge < -0.3 is 14.8 Å². The molecule has 0 fully saturated rings. The van der Waals surface area contributed by atoms with Crippen molar-refractivity contribution in [2.75, 3.05) is 26.5 Å². The van der Waals surface area contributed by atoms with Gasteiger partial charge in [-0.05, 0) is 17.7 Å². The summed E-state index contributed by atoms with van der Waals surface area (Å²) in [5.41, 5.74) is 0.813. The number of methoxy groups -OCH3 is 2. The second-order valence-corrected chi connectivity index (χ2v) is 6.86. The van der Waals surface area contributed by atoms with Gasteiger partial charge in [0.25, 0.3) is 0 Å². The zero-order valence-electron chi connectivity index (χ0n) is 13.0. The number of hydrogen-bond acceptors (Lipinski definition) is 5. The van der Waals surface area contributed by atoms with E-state index >= 15 is 0 Å². The van der Waals surface area contributed by atoms with Crippen molar-refractivity contribution in [2.24, 2.45) is 0 Å². The fourth-order valence-electron chi connectivity index (χ4n) is 1.74. The second kappa shape index (κ2) is 8.21. The van der Waals surface area contributed by atoms with Crippen LogP contribution in [0.5, 0.6) is 11.5 Å². The molecule has 7 heteroatoms. The molecule has 0 saturated carbocycles. The molecule has 0 heterocycles. The molecule has 0 atom stereocenters. The molecule has 1 aromatic carbocycles. The molecular weight excluding hydrogens is 292 g/mol. The fraction of sp³-hybridized carbons (Fsp3) is 0.571. The molecule has 0 saturated heterocycles. The van der Waals surface area contributed by atoms with E-state index in [2.05, 4.69) is 10.0 Å². The Kier molecular flexibility index (Phi) is 6.94. The Morgan fingerprint density at radius 1 is 1.14 bits per heavy atom. The maximum atomic E-state index is 11.9. The molecule has 1 rings (SSSR count). The Labute approximate surface area is 126 Å². The molecule has 0 aliphatic heterocycles. The van der Waals surface area contributed by atoms with Crippen molar-refractivity contribution in [1.82, 2.24) is 10.0 Å². The lowest BCUT2D eigenvalue weighted by Crippen LogP contribution is -2.34. The maximum Gasteiger partial charge on any atom is 0.213 e. The monoisotopic (exact) mass is 316 g/mol. The van der Waals surface area contributed by atoms with E-state index in [0.717, 1.165) is 5.56 Å². The summed E-state index contributed by atoms with van der Waals surface area (Å²) in [7, 11) is -0.193. The largest absolute Gasteiger partial charge is 0.493 e. The summed E-state index contributed by atoms with van der Waals surface area (Å²) in [4.78, 5) is 0. The molecule has 0 bridgehead atoms. The Morgan fingerprint density at radius 2 is 1.81 bits per heavy atom. The summed E-state index contributed by atoms with van der Waals surface area (Å²) in [6.07, 6.45) is 0. The highest BCUT2D eigenvalue weighted by atomic mass is 32.2. The van der Waals surface area contributed by atoms with Crippen molar-refractivity contribution in [3.05, 3.63) is 23.8 Å². The normalized spacial score (nSPS) is 11.7. The third-order valence-electron chi connectivity index (χ3n) is 2.87. The van der Waals surface area contributed by atoms with Crippen LogP contribution < -0.4 is 19.5 Å². The first kappa shape index (κ1) is 17.7. The smallest absolute Gasteiger partial charge is 0.213 e. The number of rotatable bonds is 9. The minimum absolute atomic E-state index is 0.0540. The van der Waals surface area contributed by atoms with Gasteiger partial charge >= 0.3 is 0 Å². The number of ether oxygens (including phenoxy) is 2. The quantitative estimate of drug-likeness (QED) is 0.714. The Hall–Kier alpha value is -1.31. The van der Waals surface area contributed by atoms with Gasteiger partial charge in [0, 0.05) is 19.1 Å². The van der Waals surface area contributed by atoms with Crippen LogP contribution in [0.15, 0.2) is 18.2 Å². The van der Waals surface area contributed by atoms with E-state index in [1.165, 1.54) is 0 Å². The molecule has 0 radical (unpaired) electrons. The van der Waals surface area contributed by atoms with Crippen molar-refractivity contribution < 1.29 is 17.9 Å². The molecule has 0 spiro atoms. The topological polar surface area (TPSA) is 76.7 Å². The van der Waals surface area contributed by atoms with E-state index in [-0.39, 0.29) is 18.3 Å². The molecule has 1 aromatic rings. The first-order valence-electron chi connectivity index (χ1n) is 6.79. The minimum atomic E-state index is -3.30. The zero-order chi connectivity index (χ0) is 15.9. The minimum Gasteiger partial charge on any atom is -0.493 e. The molecule has 0 aliphatic carbocycles. The second-order valence-electron chi connectivity index (χ2n) is 4.94. The number of hydrogen-bond donors (Lipinski definition) is 2. The summed E-state index contributed by atoms with van der Waals surface area (Å²) in [5.74, 6) is 1.25. The number of benzene rings is 1. The summed E-state index contributed by atoms with van der Waals surface area (Å²) in [6, 6.07) is 5.58. The lowest BCUT2D eigenvalue weighted by atomic mass is 10.2. The lowest BCUT2D eigenvalue weighted by molar-refractivity contribution is 0.354. The Morgan fingerprint density at radius 3 is 2.38 bits per heavy atom. The summed E-state index contributed by atoms with van der Waals surface area (Å²) in [6.45, 7) is 4.61. The van der Waals surface area contributed by atoms with Gasteiger partial charge in [0.05, 0.1) is 20.0 Å². The molecule has 0 unspecified atom stereocenters. The standard InChI is InChI=1S/C14H24N2O4S/c1-11(2)15-7-8-21(17,18)16-10-12-5-6-13(19-3)14(9-12)20-4/h5-6,9,11,15-16H,7-8,10H2,1-4H3. The van der Waals surface area contributed by atoms with Crippen LogP contribution in [0, 0.1) is 0 Å². The van der Waals surface area contributed by atoms with Crippen molar-refractivity contribution in [2.45, 2.75) is 26.4 Å². The molecule has 2 N–H and O–H groups in total. The van der Waals surface area contributed by atoms with Crippen molar-refractivity contribution in [3.8, 4) is 11.5 Å². The Bertz CT molecular complexity index is 544. The van der Waals surface area contributed by atoms with E-state index in [1.54, 1.807) is 32.4 Å². The average molecular weight is 316 g/mol. The third-order valence-corrected chi connectivity index (χ3v) is 4.19. The van der Waals surface area contributed by atoms with Crippen molar-refractivity contribution in [1.29, 1.82) is 0 Å². The highest BCUT2D eigenvalue weighted by Crippen LogP contribution is 2.27. The van der Waals surface area contributed by atoms with E-state index in [1.807, 2.05) is 13.8 Å².